The number of carbonyl (C=O) groups is 4. The van der Waals surface area contributed by atoms with Crippen LogP contribution in [0, 0.1) is 0 Å². The standard InChI is InChI=1S/C13H16N2O.C10H6N4O2.C8H9N3O3.C6H6N4O2.C6H10N4O2.C6H9N3O2.C4H6N2O3/c16-13-9-10-3-1-2-4-12(10)15(13)11-5-7-14-8-6-11;15-9-7-8(13-10(16)14-9)12-6-4-2-1-3-5(6)11-7;1-10-6-4(3-5(12)9-6)7(13)11(2)8(10)14;1-10-4-3(7-2-8-4)5(11)9-6(10)12;1-9-4(8)3(7)5(11)10(2)6(9)12;1-8-4(7)3-5(10)9(2)6(8)11;7-3(8)2-1-5-4(9)6-2/h1-4,11,14H,5-9H2;1-4H,(H2,12,13,14,15,16);3H2,1-2H3,(H,9,12);2H,1H3,(H,7,8)(H,9,11,12);7-8H2,1-2H3;3H,7H2,1-2H3;2H,1H2,(H,7,8)(H2,5,6,9). The molecular weight excluding hydrogens is 1180 g/mol. The maximum absolute atomic E-state index is 12.0. The number of aromatic amines is 4. The van der Waals surface area contributed by atoms with Crippen LogP contribution in [-0.2, 0) is 76.6 Å². The molecule has 37 heteroatoms. The molecule has 4 amide bonds. The number of urea groups is 1. The number of carboxylic acids is 1. The number of para-hydroxylation sites is 3. The molecule has 0 spiro atoms. The lowest BCUT2D eigenvalue weighted by atomic mass is 10.0. The van der Waals surface area contributed by atoms with Crippen molar-refractivity contribution in [1.29, 1.82) is 0 Å². The number of nitrogens with one attached hydrogen (secondary N) is 8. The number of hydrogen-bond acceptors (Lipinski definition) is 21. The van der Waals surface area contributed by atoms with E-state index in [1.54, 1.807) is 19.2 Å². The highest BCUT2D eigenvalue weighted by molar-refractivity contribution is 6.02. The number of nitrogens with two attached hydrogens (primary N) is 3. The van der Waals surface area contributed by atoms with Crippen LogP contribution in [0.25, 0.3) is 33.4 Å². The Balaban J connectivity index is 0.000000151. The molecule has 0 saturated carbocycles. The van der Waals surface area contributed by atoms with Crippen LogP contribution in [0.4, 0.5) is 33.6 Å². The van der Waals surface area contributed by atoms with Gasteiger partial charge in [0.1, 0.15) is 34.7 Å². The van der Waals surface area contributed by atoms with E-state index < -0.39 is 68.7 Å². The highest BCUT2D eigenvalue weighted by Gasteiger charge is 2.33. The number of aromatic nitrogens is 14. The predicted molar refractivity (Wildman–Crippen MR) is 328 cm³/mol. The van der Waals surface area contributed by atoms with E-state index in [1.807, 2.05) is 29.2 Å². The van der Waals surface area contributed by atoms with Gasteiger partial charge in [0.15, 0.2) is 16.8 Å². The molecule has 0 aliphatic carbocycles. The number of imidazole rings is 1. The van der Waals surface area contributed by atoms with E-state index >= 15 is 0 Å². The highest BCUT2D eigenvalue weighted by Crippen LogP contribution is 2.32. The summed E-state index contributed by atoms with van der Waals surface area (Å²) in [5.41, 5.74) is 16.2. The number of aliphatic carboxylic acids is 1. The number of nitrogens with zero attached hydrogens (tertiary/aromatic N) is 11. The first kappa shape index (κ1) is 65.5. The zero-order chi connectivity index (χ0) is 66.2. The molecule has 7 aromatic heterocycles. The van der Waals surface area contributed by atoms with E-state index in [1.165, 1.54) is 73.9 Å². The smallest absolute Gasteiger partial charge is 0.332 e. The molecule has 4 aliphatic heterocycles. The van der Waals surface area contributed by atoms with Crippen molar-refractivity contribution >= 4 is 86.0 Å². The van der Waals surface area contributed by atoms with Gasteiger partial charge in [-0.1, -0.05) is 30.3 Å². The van der Waals surface area contributed by atoms with Crippen molar-refractivity contribution in [3.8, 4) is 0 Å². The number of aryl methyl sites for hydroxylation is 1. The van der Waals surface area contributed by atoms with Crippen molar-refractivity contribution in [1.82, 2.24) is 82.8 Å². The van der Waals surface area contributed by atoms with Gasteiger partial charge in [0.25, 0.3) is 27.8 Å². The topological polar surface area (TPSA) is 525 Å². The lowest BCUT2D eigenvalue weighted by Crippen LogP contribution is -2.44. The lowest BCUT2D eigenvalue weighted by Gasteiger charge is -2.32. The molecular formula is C53H62N22O15. The van der Waals surface area contributed by atoms with Gasteiger partial charge in [-0.15, -0.1) is 0 Å². The van der Waals surface area contributed by atoms with Crippen molar-refractivity contribution in [3.63, 3.8) is 0 Å². The second-order valence-electron chi connectivity index (χ2n) is 20.1. The summed E-state index contributed by atoms with van der Waals surface area (Å²) in [7, 11) is 10.2. The molecule has 13 rings (SSSR count). The van der Waals surface area contributed by atoms with Gasteiger partial charge in [-0.2, -0.15) is 0 Å². The summed E-state index contributed by atoms with van der Waals surface area (Å²) in [4.78, 5) is 179. The number of nitrogen functional groups attached to an aromatic ring is 3. The molecule has 2 saturated heterocycles. The number of rotatable bonds is 2. The Bertz CT molecular complexity index is 4900. The Morgan fingerprint density at radius 2 is 1.27 bits per heavy atom. The molecule has 11 heterocycles. The van der Waals surface area contributed by atoms with Crippen LogP contribution in [0.1, 0.15) is 24.0 Å². The van der Waals surface area contributed by atoms with Crippen LogP contribution in [0.3, 0.4) is 0 Å². The number of H-pyrrole nitrogens is 4. The Labute approximate surface area is 502 Å². The van der Waals surface area contributed by atoms with Crippen LogP contribution in [-0.4, -0.2) is 127 Å². The number of benzene rings is 2. The highest BCUT2D eigenvalue weighted by atomic mass is 16.4. The minimum Gasteiger partial charge on any atom is -0.480 e. The second kappa shape index (κ2) is 27.5. The summed E-state index contributed by atoms with van der Waals surface area (Å²) < 4.78 is 7.77. The molecule has 90 heavy (non-hydrogen) atoms. The van der Waals surface area contributed by atoms with Crippen molar-refractivity contribution in [2.45, 2.75) is 37.8 Å². The largest absolute Gasteiger partial charge is 0.480 e. The summed E-state index contributed by atoms with van der Waals surface area (Å²) >= 11 is 0. The number of hydrogen-bond donors (Lipinski definition) is 12. The Morgan fingerprint density at radius 3 is 1.90 bits per heavy atom. The predicted octanol–water partition coefficient (Wildman–Crippen LogP) is -5.32. The fourth-order valence-electron chi connectivity index (χ4n) is 9.15. The van der Waals surface area contributed by atoms with E-state index in [9.17, 15) is 67.1 Å². The number of anilines is 5. The maximum Gasteiger partial charge on any atom is 0.332 e. The zero-order valence-electron chi connectivity index (χ0n) is 49.2. The molecule has 2 aromatic carbocycles. The molecule has 474 valence electrons. The quantitative estimate of drug-likeness (QED) is 0.0719. The van der Waals surface area contributed by atoms with Gasteiger partial charge >= 0.3 is 40.4 Å². The summed E-state index contributed by atoms with van der Waals surface area (Å²) in [6.07, 6.45) is 4.15. The molecule has 1 unspecified atom stereocenters. The zero-order valence-corrected chi connectivity index (χ0v) is 49.2. The van der Waals surface area contributed by atoms with E-state index in [2.05, 4.69) is 68.3 Å². The monoisotopic (exact) mass is 1250 g/mol. The van der Waals surface area contributed by atoms with Crippen LogP contribution >= 0.6 is 0 Å². The van der Waals surface area contributed by atoms with Crippen molar-refractivity contribution in [2.75, 3.05) is 47.1 Å². The summed E-state index contributed by atoms with van der Waals surface area (Å²) in [6, 6.07) is 15.8. The van der Waals surface area contributed by atoms with Gasteiger partial charge in [-0.3, -0.25) is 80.5 Å². The fraction of sp³-hybridized carbons (Fsp3) is 0.302. The van der Waals surface area contributed by atoms with Crippen molar-refractivity contribution < 1.29 is 24.3 Å². The number of amides is 4. The molecule has 1 atom stereocenters. The van der Waals surface area contributed by atoms with Gasteiger partial charge < -0.3 is 53.5 Å². The van der Waals surface area contributed by atoms with E-state index in [4.69, 9.17) is 22.3 Å². The Kier molecular flexibility index (Phi) is 20.0. The second-order valence-corrected chi connectivity index (χ2v) is 20.1. The van der Waals surface area contributed by atoms with E-state index in [-0.39, 0.29) is 58.8 Å². The molecule has 9 aromatic rings. The third-order valence-corrected chi connectivity index (χ3v) is 14.2. The normalized spacial score (nSPS) is 14.4. The molecule has 2 fully saturated rings. The number of carboxylic acid groups (broad SMARTS) is 1. The Hall–Kier alpha value is -12.1. The van der Waals surface area contributed by atoms with Crippen LogP contribution < -0.4 is 99.6 Å². The number of carbonyl (C=O) groups excluding carboxylic acids is 3. The average molecular weight is 1250 g/mol. The Morgan fingerprint density at radius 1 is 0.656 bits per heavy atom. The van der Waals surface area contributed by atoms with Crippen LogP contribution in [0.2, 0.25) is 0 Å². The van der Waals surface area contributed by atoms with E-state index in [0.29, 0.717) is 46.0 Å². The molecule has 37 nitrogen and oxygen atoms in total. The third-order valence-electron chi connectivity index (χ3n) is 14.2. The van der Waals surface area contributed by atoms with Gasteiger partial charge in [-0.25, -0.2) is 48.5 Å². The van der Waals surface area contributed by atoms with Gasteiger partial charge in [0.05, 0.1) is 42.3 Å². The number of piperidine rings is 1. The first-order valence-electron chi connectivity index (χ1n) is 26.8. The minimum atomic E-state index is -1.01. The molecule has 0 radical (unpaired) electrons. The van der Waals surface area contributed by atoms with Gasteiger partial charge in [0, 0.05) is 67.1 Å². The van der Waals surface area contributed by atoms with Gasteiger partial charge in [-0.05, 0) is 49.7 Å². The first-order valence-corrected chi connectivity index (χ1v) is 26.8. The molecule has 4 aliphatic rings. The fourth-order valence-corrected chi connectivity index (χ4v) is 9.15. The summed E-state index contributed by atoms with van der Waals surface area (Å²) in [5, 5.41) is 18.6. The number of fused-ring (bicyclic) bond motifs is 5. The van der Waals surface area contributed by atoms with Crippen molar-refractivity contribution in [3.05, 3.63) is 176 Å². The van der Waals surface area contributed by atoms with Crippen LogP contribution in [0.15, 0.2) is 109 Å². The van der Waals surface area contributed by atoms with Crippen molar-refractivity contribution in [2.24, 2.45) is 49.3 Å². The van der Waals surface area contributed by atoms with Crippen LogP contribution in [0.5, 0.6) is 0 Å². The third kappa shape index (κ3) is 14.3. The molecule has 0 bridgehead atoms. The SMILES string of the molecule is Cn1c(=O)[nH]c(=O)c2[nH]cnc21.Cn1c(N)c(N)c(=O)n(C)c1=O.Cn1c(N)cc(=O)n(C)c1=O.Cn1c2c(c(=O)n(C)c1=O)CC(=O)N2.O=C1Cc2ccccc2N1C1CCNCC1.O=C1NCC(C(=O)O)N1.O=c1[nH]c(=O)c2nc3ccccc3nc2[nH]1. The van der Waals surface area contributed by atoms with Gasteiger partial charge in [0.2, 0.25) is 11.8 Å². The average Bonchev–Trinajstić information content (AvgIpc) is 1.57. The lowest BCUT2D eigenvalue weighted by molar-refractivity contribution is -0.138. The molecule has 15 N–H and O–H groups in total. The maximum atomic E-state index is 12.0. The van der Waals surface area contributed by atoms with E-state index in [0.717, 1.165) is 49.9 Å². The first-order chi connectivity index (χ1) is 42.5. The summed E-state index contributed by atoms with van der Waals surface area (Å²) in [6.45, 7) is 2.22. The minimum absolute atomic E-state index is 0.00287. The summed E-state index contributed by atoms with van der Waals surface area (Å²) in [5.74, 6) is -0.482.